The number of ether oxygens (including phenoxy) is 3. The van der Waals surface area contributed by atoms with Crippen molar-refractivity contribution < 1.29 is 32.2 Å². The second kappa shape index (κ2) is 14.0. The van der Waals surface area contributed by atoms with Crippen molar-refractivity contribution in [3.63, 3.8) is 0 Å². The molecule has 1 aliphatic heterocycles. The van der Waals surface area contributed by atoms with Crippen molar-refractivity contribution in [1.29, 1.82) is 0 Å². The number of sulfonamides is 1. The van der Waals surface area contributed by atoms with Gasteiger partial charge >= 0.3 is 0 Å². The van der Waals surface area contributed by atoms with Gasteiger partial charge in [0.1, 0.15) is 18.3 Å². The van der Waals surface area contributed by atoms with Crippen LogP contribution in [0.2, 0.25) is 0 Å². The number of benzene rings is 3. The topological polar surface area (TPSA) is 114 Å². The molecular formula is C33H39N3O7S. The Balaban J connectivity index is 1.53. The Labute approximate surface area is 259 Å². The van der Waals surface area contributed by atoms with E-state index in [-0.39, 0.29) is 43.1 Å². The predicted octanol–water partition coefficient (Wildman–Crippen LogP) is 4.28. The minimum absolute atomic E-state index is 0.0316. The monoisotopic (exact) mass is 621 g/mol. The fourth-order valence-electron chi connectivity index (χ4n) is 5.65. The van der Waals surface area contributed by atoms with Crippen LogP contribution in [0.5, 0.6) is 17.2 Å². The van der Waals surface area contributed by atoms with Crippen molar-refractivity contribution in [2.45, 2.75) is 57.7 Å². The second-order valence-corrected chi connectivity index (χ2v) is 13.2. The molecule has 0 radical (unpaired) electrons. The van der Waals surface area contributed by atoms with E-state index >= 15 is 0 Å². The highest BCUT2D eigenvalue weighted by Gasteiger charge is 2.35. The molecule has 0 aromatic heterocycles. The van der Waals surface area contributed by atoms with Crippen LogP contribution in [0.3, 0.4) is 0 Å². The summed E-state index contributed by atoms with van der Waals surface area (Å²) in [5.74, 6) is 0.521. The molecule has 1 saturated carbocycles. The molecule has 3 aromatic carbocycles. The van der Waals surface area contributed by atoms with Gasteiger partial charge in [0.15, 0.2) is 11.5 Å². The van der Waals surface area contributed by atoms with Crippen molar-refractivity contribution >= 4 is 27.5 Å². The number of rotatable bonds is 13. The number of fused-ring (bicyclic) bond motifs is 1. The molecule has 1 aliphatic carbocycles. The fraction of sp³-hybridized carbons (Fsp3) is 0.394. The third-order valence-corrected chi connectivity index (χ3v) is 9.82. The smallest absolute Gasteiger partial charge is 0.244 e. The summed E-state index contributed by atoms with van der Waals surface area (Å²) in [5.41, 5.74) is 1.91. The molecule has 5 rings (SSSR count). The van der Waals surface area contributed by atoms with Crippen molar-refractivity contribution in [3.05, 3.63) is 83.9 Å². The molecule has 11 heteroatoms. The third kappa shape index (κ3) is 7.45. The number of amides is 2. The highest BCUT2D eigenvalue weighted by molar-refractivity contribution is 7.92. The number of nitrogens with one attached hydrogen (secondary N) is 1. The van der Waals surface area contributed by atoms with Gasteiger partial charge in [0, 0.05) is 25.1 Å². The van der Waals surface area contributed by atoms with E-state index in [9.17, 15) is 18.0 Å². The zero-order valence-electron chi connectivity index (χ0n) is 25.1. The quantitative estimate of drug-likeness (QED) is 0.303. The maximum atomic E-state index is 14.4. The molecule has 234 valence electrons. The van der Waals surface area contributed by atoms with Crippen LogP contribution in [0.4, 0.5) is 5.69 Å². The Bertz CT molecular complexity index is 1560. The van der Waals surface area contributed by atoms with Crippen LogP contribution in [0.25, 0.3) is 0 Å². The number of carbonyl (C=O) groups excluding carboxylic acids is 2. The van der Waals surface area contributed by atoms with Gasteiger partial charge < -0.3 is 24.4 Å². The number of carbonyl (C=O) groups is 2. The molecule has 1 N–H and O–H groups in total. The van der Waals surface area contributed by atoms with Crippen LogP contribution in [-0.2, 0) is 32.6 Å². The van der Waals surface area contributed by atoms with Gasteiger partial charge in [-0.2, -0.15) is 0 Å². The lowest BCUT2D eigenvalue weighted by atomic mass is 10.0. The normalized spacial score (nSPS) is 15.0. The summed E-state index contributed by atoms with van der Waals surface area (Å²) in [6.45, 7) is 1.14. The molecule has 44 heavy (non-hydrogen) atoms. The Morgan fingerprint density at radius 3 is 2.41 bits per heavy atom. The van der Waals surface area contributed by atoms with Crippen LogP contribution in [0.15, 0.2) is 72.8 Å². The van der Waals surface area contributed by atoms with Crippen LogP contribution in [0.1, 0.15) is 43.7 Å². The third-order valence-electron chi connectivity index (χ3n) is 8.08. The molecule has 0 saturated heterocycles. The summed E-state index contributed by atoms with van der Waals surface area (Å²) in [6.07, 6.45) is 4.13. The minimum Gasteiger partial charge on any atom is -0.497 e. The van der Waals surface area contributed by atoms with E-state index in [1.54, 1.807) is 31.4 Å². The fourth-order valence-corrected chi connectivity index (χ4v) is 6.70. The van der Waals surface area contributed by atoms with Crippen LogP contribution in [-0.4, -0.2) is 63.4 Å². The summed E-state index contributed by atoms with van der Waals surface area (Å²) < 4.78 is 44.2. The first-order valence-corrected chi connectivity index (χ1v) is 16.5. The van der Waals surface area contributed by atoms with Gasteiger partial charge in [-0.3, -0.25) is 13.9 Å². The number of nitrogens with zero attached hydrogens (tertiary/aromatic N) is 2. The molecule has 1 atom stereocenters. The van der Waals surface area contributed by atoms with Crippen LogP contribution in [0, 0.1) is 0 Å². The SMILES string of the molecule is CCS(=O)(=O)N(CC(=O)N(Cc1cccc(OC)c1)[C@@H](Cc1ccccc1)C(=O)NC1CCCC1)c1ccc2c(c1)OCO2. The Morgan fingerprint density at radius 2 is 1.68 bits per heavy atom. The molecule has 2 amide bonds. The molecule has 0 bridgehead atoms. The van der Waals surface area contributed by atoms with E-state index in [4.69, 9.17) is 14.2 Å². The molecule has 2 aliphatic rings. The lowest BCUT2D eigenvalue weighted by molar-refractivity contribution is -0.140. The van der Waals surface area contributed by atoms with Gasteiger partial charge in [-0.05, 0) is 55.2 Å². The van der Waals surface area contributed by atoms with E-state index in [1.807, 2.05) is 48.5 Å². The van der Waals surface area contributed by atoms with E-state index < -0.39 is 28.5 Å². The predicted molar refractivity (Wildman–Crippen MR) is 167 cm³/mol. The summed E-state index contributed by atoms with van der Waals surface area (Å²) >= 11 is 0. The molecule has 10 nitrogen and oxygen atoms in total. The lowest BCUT2D eigenvalue weighted by Gasteiger charge is -2.34. The van der Waals surface area contributed by atoms with E-state index in [2.05, 4.69) is 5.32 Å². The van der Waals surface area contributed by atoms with E-state index in [0.717, 1.165) is 41.1 Å². The molecule has 3 aromatic rings. The largest absolute Gasteiger partial charge is 0.497 e. The first-order chi connectivity index (χ1) is 21.3. The minimum atomic E-state index is -3.90. The molecular weight excluding hydrogens is 582 g/mol. The van der Waals surface area contributed by atoms with Gasteiger partial charge in [-0.15, -0.1) is 0 Å². The number of hydrogen-bond acceptors (Lipinski definition) is 7. The van der Waals surface area contributed by atoms with Gasteiger partial charge in [-0.25, -0.2) is 8.42 Å². The number of hydrogen-bond donors (Lipinski definition) is 1. The molecule has 1 heterocycles. The Kier molecular flexibility index (Phi) is 9.94. The van der Waals surface area contributed by atoms with Gasteiger partial charge in [0.25, 0.3) is 0 Å². The Hall–Kier alpha value is -4.25. The van der Waals surface area contributed by atoms with E-state index in [1.165, 1.54) is 11.8 Å². The highest BCUT2D eigenvalue weighted by Crippen LogP contribution is 2.36. The molecule has 0 unspecified atom stereocenters. The van der Waals surface area contributed by atoms with Crippen molar-refractivity contribution in [1.82, 2.24) is 10.2 Å². The maximum absolute atomic E-state index is 14.4. The van der Waals surface area contributed by atoms with E-state index in [0.29, 0.717) is 17.2 Å². The van der Waals surface area contributed by atoms with Gasteiger partial charge in [-0.1, -0.05) is 55.3 Å². The van der Waals surface area contributed by atoms with Gasteiger partial charge in [0.2, 0.25) is 28.6 Å². The standard InChI is InChI=1S/C33H39N3O7S/c1-3-44(39,40)36(27-16-17-30-31(20-27)43-23-42-30)22-32(37)35(21-25-12-9-15-28(18-25)41-2)29(19-24-10-5-4-6-11-24)33(38)34-26-13-7-8-14-26/h4-6,9-12,15-18,20,26,29H,3,7-8,13-14,19,21-23H2,1-2H3,(H,34,38)/t29-/m0/s1. The number of methoxy groups -OCH3 is 1. The highest BCUT2D eigenvalue weighted by atomic mass is 32.2. The zero-order chi connectivity index (χ0) is 31.1. The summed E-state index contributed by atoms with van der Waals surface area (Å²) in [4.78, 5) is 29.9. The average molecular weight is 622 g/mol. The Morgan fingerprint density at radius 1 is 0.955 bits per heavy atom. The van der Waals surface area contributed by atoms with Crippen LogP contribution >= 0.6 is 0 Å². The van der Waals surface area contributed by atoms with Crippen molar-refractivity contribution in [2.24, 2.45) is 0 Å². The maximum Gasteiger partial charge on any atom is 0.244 e. The zero-order valence-corrected chi connectivity index (χ0v) is 25.9. The summed E-state index contributed by atoms with van der Waals surface area (Å²) in [7, 11) is -2.33. The summed E-state index contributed by atoms with van der Waals surface area (Å²) in [5, 5.41) is 3.18. The first kappa shape index (κ1) is 31.2. The second-order valence-electron chi connectivity index (χ2n) is 11.0. The average Bonchev–Trinajstić information content (AvgIpc) is 3.74. The van der Waals surface area contributed by atoms with Crippen molar-refractivity contribution in [3.8, 4) is 17.2 Å². The molecule has 0 spiro atoms. The molecule has 1 fully saturated rings. The number of anilines is 1. The summed E-state index contributed by atoms with van der Waals surface area (Å²) in [6, 6.07) is 20.8. The first-order valence-electron chi connectivity index (χ1n) is 14.9. The van der Waals surface area contributed by atoms with Crippen molar-refractivity contribution in [2.75, 3.05) is 30.5 Å². The van der Waals surface area contributed by atoms with Crippen LogP contribution < -0.4 is 23.8 Å². The lowest BCUT2D eigenvalue weighted by Crippen LogP contribution is -2.54. The van der Waals surface area contributed by atoms with Gasteiger partial charge in [0.05, 0.1) is 18.6 Å².